The number of hydrogen-bond donors (Lipinski definition) is 1. The van der Waals surface area contributed by atoms with Gasteiger partial charge in [-0.1, -0.05) is 22.0 Å². The normalized spacial score (nSPS) is 18.5. The van der Waals surface area contributed by atoms with Gasteiger partial charge in [-0.15, -0.1) is 0 Å². The summed E-state index contributed by atoms with van der Waals surface area (Å²) in [4.78, 5) is 19.3. The molecule has 0 radical (unpaired) electrons. The van der Waals surface area contributed by atoms with Crippen LogP contribution in [0.4, 0.5) is 0 Å². The van der Waals surface area contributed by atoms with Crippen LogP contribution in [0.3, 0.4) is 0 Å². The average Bonchev–Trinajstić information content (AvgIpc) is 2.95. The summed E-state index contributed by atoms with van der Waals surface area (Å²) in [6.07, 6.45) is 3.68. The van der Waals surface area contributed by atoms with Crippen LogP contribution in [-0.4, -0.2) is 40.0 Å². The minimum Gasteiger partial charge on any atom is -0.336 e. The third kappa shape index (κ3) is 2.80. The molecule has 0 saturated carbocycles. The van der Waals surface area contributed by atoms with Gasteiger partial charge in [0.25, 0.3) is 5.91 Å². The molecule has 116 valence electrons. The number of piperazine rings is 1. The van der Waals surface area contributed by atoms with E-state index >= 15 is 0 Å². The zero-order chi connectivity index (χ0) is 15.7. The van der Waals surface area contributed by atoms with E-state index in [1.807, 2.05) is 47.8 Å². The van der Waals surface area contributed by atoms with E-state index in [-0.39, 0.29) is 11.9 Å². The summed E-state index contributed by atoms with van der Waals surface area (Å²) in [6, 6.07) is 5.71. The number of imidazole rings is 1. The number of aromatic nitrogens is 2. The smallest absolute Gasteiger partial charge is 0.254 e. The van der Waals surface area contributed by atoms with Crippen LogP contribution in [0.2, 0.25) is 0 Å². The molecule has 3 rings (SSSR count). The minimum atomic E-state index is -0.0404. The molecule has 6 heteroatoms. The van der Waals surface area contributed by atoms with Crippen molar-refractivity contribution in [3.8, 4) is 0 Å². The maximum atomic E-state index is 12.9. The third-order valence-electron chi connectivity index (χ3n) is 4.08. The van der Waals surface area contributed by atoms with E-state index in [1.165, 1.54) is 0 Å². The Bertz CT molecular complexity index is 697. The number of carbonyl (C=O) groups is 1. The molecule has 0 spiro atoms. The number of amides is 1. The van der Waals surface area contributed by atoms with Crippen molar-refractivity contribution in [2.24, 2.45) is 7.05 Å². The zero-order valence-electron chi connectivity index (χ0n) is 12.7. The zero-order valence-corrected chi connectivity index (χ0v) is 14.3. The van der Waals surface area contributed by atoms with E-state index in [0.717, 1.165) is 29.0 Å². The molecule has 5 nitrogen and oxygen atoms in total. The first-order valence-electron chi connectivity index (χ1n) is 7.33. The molecule has 1 aliphatic heterocycles. The Hall–Kier alpha value is -1.66. The Labute approximate surface area is 138 Å². The molecule has 22 heavy (non-hydrogen) atoms. The Morgan fingerprint density at radius 2 is 2.27 bits per heavy atom. The van der Waals surface area contributed by atoms with Gasteiger partial charge in [0.15, 0.2) is 0 Å². The lowest BCUT2D eigenvalue weighted by molar-refractivity contribution is 0.0621. The number of hydrogen-bond acceptors (Lipinski definition) is 3. The highest BCUT2D eigenvalue weighted by Gasteiger charge is 2.31. The maximum absolute atomic E-state index is 12.9. The van der Waals surface area contributed by atoms with Gasteiger partial charge in [0, 0.05) is 49.1 Å². The Kier molecular flexibility index (Phi) is 4.31. The minimum absolute atomic E-state index is 0.0404. The quantitative estimate of drug-likeness (QED) is 0.891. The molecule has 1 amide bonds. The maximum Gasteiger partial charge on any atom is 0.254 e. The van der Waals surface area contributed by atoms with Gasteiger partial charge in [-0.3, -0.25) is 4.79 Å². The molecule has 1 aliphatic rings. The highest BCUT2D eigenvalue weighted by atomic mass is 79.9. The monoisotopic (exact) mass is 362 g/mol. The number of nitrogens with zero attached hydrogens (tertiary/aromatic N) is 3. The van der Waals surface area contributed by atoms with Gasteiger partial charge in [-0.05, 0) is 24.6 Å². The Morgan fingerprint density at radius 3 is 2.95 bits per heavy atom. The van der Waals surface area contributed by atoms with E-state index < -0.39 is 0 Å². The molecule has 2 heterocycles. The van der Waals surface area contributed by atoms with E-state index in [9.17, 15) is 4.79 Å². The molecule has 1 atom stereocenters. The Balaban J connectivity index is 1.91. The van der Waals surface area contributed by atoms with Gasteiger partial charge in [-0.2, -0.15) is 0 Å². The fourth-order valence-electron chi connectivity index (χ4n) is 2.77. The molecule has 1 N–H and O–H groups in total. The van der Waals surface area contributed by atoms with E-state index in [0.29, 0.717) is 12.1 Å². The van der Waals surface area contributed by atoms with Gasteiger partial charge in [0.1, 0.15) is 11.9 Å². The predicted octanol–water partition coefficient (Wildman–Crippen LogP) is 2.28. The van der Waals surface area contributed by atoms with Crippen LogP contribution in [0.25, 0.3) is 0 Å². The summed E-state index contributed by atoms with van der Waals surface area (Å²) >= 11 is 3.50. The number of aryl methyl sites for hydroxylation is 2. The summed E-state index contributed by atoms with van der Waals surface area (Å²) in [5.41, 5.74) is 1.83. The van der Waals surface area contributed by atoms with E-state index in [4.69, 9.17) is 0 Å². The van der Waals surface area contributed by atoms with Crippen molar-refractivity contribution in [2.45, 2.75) is 13.0 Å². The number of carbonyl (C=O) groups excluding carboxylic acids is 1. The topological polar surface area (TPSA) is 50.2 Å². The molecule has 0 aliphatic carbocycles. The van der Waals surface area contributed by atoms with Crippen LogP contribution in [0.5, 0.6) is 0 Å². The molecule has 1 saturated heterocycles. The second-order valence-electron chi connectivity index (χ2n) is 5.58. The van der Waals surface area contributed by atoms with Crippen LogP contribution < -0.4 is 5.32 Å². The first kappa shape index (κ1) is 15.2. The van der Waals surface area contributed by atoms with Crippen molar-refractivity contribution >= 4 is 21.8 Å². The van der Waals surface area contributed by atoms with Crippen molar-refractivity contribution in [1.29, 1.82) is 0 Å². The van der Waals surface area contributed by atoms with Crippen LogP contribution in [-0.2, 0) is 7.05 Å². The third-order valence-corrected chi connectivity index (χ3v) is 4.93. The van der Waals surface area contributed by atoms with Crippen molar-refractivity contribution in [3.63, 3.8) is 0 Å². The van der Waals surface area contributed by atoms with E-state index in [2.05, 4.69) is 26.2 Å². The molecule has 2 aromatic rings. The highest BCUT2D eigenvalue weighted by molar-refractivity contribution is 9.10. The SMILES string of the molecule is Cc1ccc(C(=O)N2CCNCC2c2nccn2C)cc1Br. The lowest BCUT2D eigenvalue weighted by Gasteiger charge is -2.35. The number of rotatable bonds is 2. The Morgan fingerprint density at radius 1 is 1.45 bits per heavy atom. The van der Waals surface area contributed by atoms with Crippen LogP contribution in [0.15, 0.2) is 35.1 Å². The fourth-order valence-corrected chi connectivity index (χ4v) is 3.15. The van der Waals surface area contributed by atoms with Crippen molar-refractivity contribution < 1.29 is 4.79 Å². The molecule has 1 aromatic carbocycles. The summed E-state index contributed by atoms with van der Waals surface area (Å²) in [7, 11) is 1.96. The fraction of sp³-hybridized carbons (Fsp3) is 0.375. The van der Waals surface area contributed by atoms with Crippen molar-refractivity contribution in [3.05, 3.63) is 52.0 Å². The summed E-state index contributed by atoms with van der Waals surface area (Å²) < 4.78 is 2.94. The first-order chi connectivity index (χ1) is 10.6. The molecular weight excluding hydrogens is 344 g/mol. The van der Waals surface area contributed by atoms with Crippen LogP contribution in [0.1, 0.15) is 27.8 Å². The molecule has 1 unspecified atom stereocenters. The summed E-state index contributed by atoms with van der Waals surface area (Å²) in [6.45, 7) is 4.23. The lowest BCUT2D eigenvalue weighted by Crippen LogP contribution is -2.49. The highest BCUT2D eigenvalue weighted by Crippen LogP contribution is 2.24. The molecule has 1 fully saturated rings. The number of nitrogens with one attached hydrogen (secondary N) is 1. The number of halogens is 1. The molecular formula is C16H19BrN4O. The number of benzene rings is 1. The molecule has 0 bridgehead atoms. The first-order valence-corrected chi connectivity index (χ1v) is 8.12. The van der Waals surface area contributed by atoms with Crippen molar-refractivity contribution in [2.75, 3.05) is 19.6 Å². The lowest BCUT2D eigenvalue weighted by atomic mass is 10.1. The molecule has 1 aromatic heterocycles. The van der Waals surface area contributed by atoms with Gasteiger partial charge in [0.05, 0.1) is 0 Å². The van der Waals surface area contributed by atoms with Crippen LogP contribution in [0, 0.1) is 6.92 Å². The van der Waals surface area contributed by atoms with Gasteiger partial charge >= 0.3 is 0 Å². The average molecular weight is 363 g/mol. The standard InChI is InChI=1S/C16H19BrN4O/c1-11-3-4-12(9-13(11)17)16(22)21-8-5-18-10-14(21)15-19-6-7-20(15)2/h3-4,6-7,9,14,18H,5,8,10H2,1-2H3. The summed E-state index contributed by atoms with van der Waals surface area (Å²) in [5, 5.41) is 3.35. The van der Waals surface area contributed by atoms with E-state index in [1.54, 1.807) is 6.20 Å². The largest absolute Gasteiger partial charge is 0.336 e. The van der Waals surface area contributed by atoms with Crippen LogP contribution >= 0.6 is 15.9 Å². The summed E-state index contributed by atoms with van der Waals surface area (Å²) in [5.74, 6) is 0.960. The van der Waals surface area contributed by atoms with Gasteiger partial charge in [-0.25, -0.2) is 4.98 Å². The van der Waals surface area contributed by atoms with Gasteiger partial charge in [0.2, 0.25) is 0 Å². The second kappa shape index (κ2) is 6.22. The predicted molar refractivity (Wildman–Crippen MR) is 88.7 cm³/mol. The van der Waals surface area contributed by atoms with Gasteiger partial charge < -0.3 is 14.8 Å². The van der Waals surface area contributed by atoms with Crippen molar-refractivity contribution in [1.82, 2.24) is 19.8 Å². The second-order valence-corrected chi connectivity index (χ2v) is 6.43.